The molecular formula is C18H21N3O2. The van der Waals surface area contributed by atoms with Gasteiger partial charge in [-0.15, -0.1) is 0 Å². The van der Waals surface area contributed by atoms with E-state index in [1.54, 1.807) is 0 Å². The Morgan fingerprint density at radius 3 is 2.65 bits per heavy atom. The van der Waals surface area contributed by atoms with Gasteiger partial charge in [-0.25, -0.2) is 0 Å². The maximum Gasteiger partial charge on any atom is 0.253 e. The molecule has 0 aliphatic carbocycles. The van der Waals surface area contributed by atoms with Crippen molar-refractivity contribution in [2.75, 3.05) is 13.1 Å². The number of aromatic nitrogens is 1. The van der Waals surface area contributed by atoms with E-state index in [9.17, 15) is 9.90 Å². The number of rotatable bonds is 4. The molecular weight excluding hydrogens is 290 g/mol. The number of nitrogens with one attached hydrogen (secondary N) is 1. The van der Waals surface area contributed by atoms with Crippen LogP contribution in [0.25, 0.3) is 0 Å². The molecule has 1 aromatic heterocycles. The third-order valence-electron chi connectivity index (χ3n) is 4.16. The minimum absolute atomic E-state index is 0.00957. The van der Waals surface area contributed by atoms with Gasteiger partial charge in [0.15, 0.2) is 0 Å². The van der Waals surface area contributed by atoms with E-state index < -0.39 is 0 Å². The number of benzene rings is 1. The van der Waals surface area contributed by atoms with Crippen LogP contribution in [0, 0.1) is 0 Å². The van der Waals surface area contributed by atoms with E-state index in [1.807, 2.05) is 6.07 Å². The lowest BCUT2D eigenvalue weighted by Crippen LogP contribution is -2.44. The van der Waals surface area contributed by atoms with Gasteiger partial charge in [0.25, 0.3) is 5.91 Å². The molecule has 2 heterocycles. The summed E-state index contributed by atoms with van der Waals surface area (Å²) in [6, 6.07) is 12.0. The lowest BCUT2D eigenvalue weighted by molar-refractivity contribution is 0.0908. The smallest absolute Gasteiger partial charge is 0.253 e. The molecule has 0 bridgehead atoms. The van der Waals surface area contributed by atoms with Crippen LogP contribution in [0.4, 0.5) is 0 Å². The maximum absolute atomic E-state index is 12.2. The second-order valence-corrected chi connectivity index (χ2v) is 5.94. The highest BCUT2D eigenvalue weighted by Gasteiger charge is 2.21. The van der Waals surface area contributed by atoms with Crippen molar-refractivity contribution in [1.29, 1.82) is 0 Å². The number of amides is 1. The normalized spacial score (nSPS) is 16.2. The van der Waals surface area contributed by atoms with Crippen molar-refractivity contribution >= 4 is 5.91 Å². The first-order valence-corrected chi connectivity index (χ1v) is 7.92. The zero-order valence-corrected chi connectivity index (χ0v) is 13.0. The average Bonchev–Trinajstić information content (AvgIpc) is 2.57. The molecule has 1 saturated heterocycles. The topological polar surface area (TPSA) is 65.5 Å². The van der Waals surface area contributed by atoms with Crippen LogP contribution in [0.15, 0.2) is 48.8 Å². The Hall–Kier alpha value is -2.40. The molecule has 1 fully saturated rings. The molecule has 5 nitrogen and oxygen atoms in total. The van der Waals surface area contributed by atoms with Crippen molar-refractivity contribution < 1.29 is 9.90 Å². The van der Waals surface area contributed by atoms with Crippen LogP contribution < -0.4 is 5.32 Å². The van der Waals surface area contributed by atoms with Crippen LogP contribution in [-0.2, 0) is 6.54 Å². The summed E-state index contributed by atoms with van der Waals surface area (Å²) in [5.74, 6) is -0.162. The molecule has 1 aromatic carbocycles. The van der Waals surface area contributed by atoms with E-state index in [4.69, 9.17) is 0 Å². The number of aromatic hydroxyl groups is 1. The predicted molar refractivity (Wildman–Crippen MR) is 88.1 cm³/mol. The Morgan fingerprint density at radius 1 is 1.22 bits per heavy atom. The number of carbonyl (C=O) groups is 1. The minimum atomic E-state index is -0.171. The van der Waals surface area contributed by atoms with Crippen molar-refractivity contribution in [3.8, 4) is 5.75 Å². The number of pyridine rings is 1. The lowest BCUT2D eigenvalue weighted by atomic mass is 10.0. The van der Waals surface area contributed by atoms with Gasteiger partial charge in [-0.2, -0.15) is 0 Å². The van der Waals surface area contributed by atoms with Gasteiger partial charge in [0, 0.05) is 31.9 Å². The number of hydrogen-bond acceptors (Lipinski definition) is 4. The summed E-state index contributed by atoms with van der Waals surface area (Å²) in [6.45, 7) is 2.90. The summed E-state index contributed by atoms with van der Waals surface area (Å²) in [7, 11) is 0. The van der Waals surface area contributed by atoms with Gasteiger partial charge in [-0.1, -0.05) is 30.3 Å². The Balaban J connectivity index is 1.48. The molecule has 5 heteroatoms. The second kappa shape index (κ2) is 7.24. The van der Waals surface area contributed by atoms with Gasteiger partial charge in [0.05, 0.1) is 11.8 Å². The van der Waals surface area contributed by atoms with Crippen molar-refractivity contribution in [3.05, 3.63) is 59.9 Å². The number of carbonyl (C=O) groups excluding carboxylic acids is 1. The summed E-state index contributed by atoms with van der Waals surface area (Å²) < 4.78 is 0. The van der Waals surface area contributed by atoms with Gasteiger partial charge in [-0.3, -0.25) is 14.7 Å². The first-order chi connectivity index (χ1) is 11.2. The van der Waals surface area contributed by atoms with Crippen molar-refractivity contribution in [2.24, 2.45) is 0 Å². The van der Waals surface area contributed by atoms with Crippen LogP contribution in [0.3, 0.4) is 0 Å². The Bertz CT molecular complexity index is 652. The fourth-order valence-electron chi connectivity index (χ4n) is 2.90. The summed E-state index contributed by atoms with van der Waals surface area (Å²) in [5.41, 5.74) is 1.72. The van der Waals surface area contributed by atoms with Gasteiger partial charge >= 0.3 is 0 Å². The number of nitrogens with zero attached hydrogens (tertiary/aromatic N) is 2. The third kappa shape index (κ3) is 4.29. The van der Waals surface area contributed by atoms with E-state index >= 15 is 0 Å². The fraction of sp³-hybridized carbons (Fsp3) is 0.333. The molecule has 1 amide bonds. The summed E-state index contributed by atoms with van der Waals surface area (Å²) in [4.78, 5) is 18.4. The molecule has 0 radical (unpaired) electrons. The molecule has 0 atom stereocenters. The van der Waals surface area contributed by atoms with E-state index in [0.29, 0.717) is 5.56 Å². The van der Waals surface area contributed by atoms with Crippen molar-refractivity contribution in [2.45, 2.75) is 25.4 Å². The quantitative estimate of drug-likeness (QED) is 0.908. The summed E-state index contributed by atoms with van der Waals surface area (Å²) >= 11 is 0. The summed E-state index contributed by atoms with van der Waals surface area (Å²) in [6.07, 6.45) is 4.66. The molecule has 120 valence electrons. The molecule has 1 aliphatic heterocycles. The molecule has 1 aliphatic rings. The first-order valence-electron chi connectivity index (χ1n) is 7.92. The SMILES string of the molecule is O=C(NC1CCN(Cc2ccccc2)CC1)c1cncc(O)c1. The maximum atomic E-state index is 12.2. The fourth-order valence-corrected chi connectivity index (χ4v) is 2.90. The zero-order valence-electron chi connectivity index (χ0n) is 13.0. The molecule has 0 unspecified atom stereocenters. The van der Waals surface area contributed by atoms with Crippen LogP contribution in [0.5, 0.6) is 5.75 Å². The molecule has 0 saturated carbocycles. The molecule has 2 aromatic rings. The number of piperidine rings is 1. The van der Waals surface area contributed by atoms with Crippen LogP contribution in [-0.4, -0.2) is 40.0 Å². The predicted octanol–water partition coefficient (Wildman–Crippen LogP) is 2.18. The lowest BCUT2D eigenvalue weighted by Gasteiger charge is -2.32. The Labute approximate surface area is 136 Å². The number of hydrogen-bond donors (Lipinski definition) is 2. The molecule has 23 heavy (non-hydrogen) atoms. The van der Waals surface area contributed by atoms with E-state index in [-0.39, 0.29) is 17.7 Å². The number of likely N-dealkylation sites (tertiary alicyclic amines) is 1. The van der Waals surface area contributed by atoms with E-state index in [1.165, 1.54) is 24.0 Å². The Morgan fingerprint density at radius 2 is 1.96 bits per heavy atom. The second-order valence-electron chi connectivity index (χ2n) is 5.94. The highest BCUT2D eigenvalue weighted by Crippen LogP contribution is 2.15. The van der Waals surface area contributed by atoms with Crippen molar-refractivity contribution in [3.63, 3.8) is 0 Å². The van der Waals surface area contributed by atoms with E-state index in [2.05, 4.69) is 39.5 Å². The Kier molecular flexibility index (Phi) is 4.88. The van der Waals surface area contributed by atoms with Gasteiger partial charge < -0.3 is 10.4 Å². The van der Waals surface area contributed by atoms with Crippen LogP contribution in [0.2, 0.25) is 0 Å². The summed E-state index contributed by atoms with van der Waals surface area (Å²) in [5, 5.41) is 12.4. The van der Waals surface area contributed by atoms with Gasteiger partial charge in [0.1, 0.15) is 5.75 Å². The largest absolute Gasteiger partial charge is 0.506 e. The van der Waals surface area contributed by atoms with Crippen molar-refractivity contribution in [1.82, 2.24) is 15.2 Å². The first kappa shape index (κ1) is 15.5. The highest BCUT2D eigenvalue weighted by atomic mass is 16.3. The van der Waals surface area contributed by atoms with Gasteiger partial charge in [-0.05, 0) is 24.5 Å². The molecule has 2 N–H and O–H groups in total. The molecule has 0 spiro atoms. The average molecular weight is 311 g/mol. The monoisotopic (exact) mass is 311 g/mol. The molecule has 3 rings (SSSR count). The minimum Gasteiger partial charge on any atom is -0.506 e. The highest BCUT2D eigenvalue weighted by molar-refractivity contribution is 5.94. The van der Waals surface area contributed by atoms with E-state index in [0.717, 1.165) is 32.5 Å². The van der Waals surface area contributed by atoms with Crippen LogP contribution in [0.1, 0.15) is 28.8 Å². The third-order valence-corrected chi connectivity index (χ3v) is 4.16. The van der Waals surface area contributed by atoms with Gasteiger partial charge in [0.2, 0.25) is 0 Å². The zero-order chi connectivity index (χ0) is 16.1. The van der Waals surface area contributed by atoms with Crippen LogP contribution >= 0.6 is 0 Å². The standard InChI is InChI=1S/C18H21N3O2/c22-17-10-15(11-19-12-17)18(23)20-16-6-8-21(9-7-16)13-14-4-2-1-3-5-14/h1-5,10-12,16,22H,6-9,13H2,(H,20,23).